The van der Waals surface area contributed by atoms with E-state index in [0.717, 1.165) is 15.1 Å². The smallest absolute Gasteiger partial charge is 0.134 e. The van der Waals surface area contributed by atoms with Gasteiger partial charge in [0.05, 0.1) is 14.9 Å². The molecule has 0 aliphatic heterocycles. The Morgan fingerprint density at radius 2 is 2.33 bits per heavy atom. The zero-order chi connectivity index (χ0) is 10.7. The van der Waals surface area contributed by atoms with Crippen LogP contribution in [0.3, 0.4) is 0 Å². The van der Waals surface area contributed by atoms with Crippen molar-refractivity contribution in [2.45, 2.75) is 13.5 Å². The van der Waals surface area contributed by atoms with Crippen molar-refractivity contribution < 1.29 is 4.74 Å². The third kappa shape index (κ3) is 2.79. The molecule has 0 spiro atoms. The molecule has 0 fully saturated rings. The zero-order valence-corrected chi connectivity index (χ0v) is 10.6. The maximum Gasteiger partial charge on any atom is 0.134 e. The molecule has 0 radical (unpaired) electrons. The van der Waals surface area contributed by atoms with Gasteiger partial charge in [0.15, 0.2) is 0 Å². The second kappa shape index (κ2) is 4.77. The molecule has 0 atom stereocenters. The van der Waals surface area contributed by atoms with Crippen LogP contribution in [0.5, 0.6) is 5.75 Å². The van der Waals surface area contributed by atoms with Gasteiger partial charge in [0.1, 0.15) is 12.4 Å². The lowest BCUT2D eigenvalue weighted by molar-refractivity contribution is 0.307. The van der Waals surface area contributed by atoms with Gasteiger partial charge in [0.2, 0.25) is 0 Å². The van der Waals surface area contributed by atoms with E-state index in [2.05, 4.69) is 27.8 Å². The highest BCUT2D eigenvalue weighted by atomic mass is 79.9. The molecule has 2 rings (SSSR count). The summed E-state index contributed by atoms with van der Waals surface area (Å²) in [5, 5.41) is 0. The molecule has 0 amide bonds. The minimum absolute atomic E-state index is 0.576. The Balaban J connectivity index is 2.05. The summed E-state index contributed by atoms with van der Waals surface area (Å²) in [6.07, 6.45) is 1.83. The summed E-state index contributed by atoms with van der Waals surface area (Å²) in [6.45, 7) is 2.63. The summed E-state index contributed by atoms with van der Waals surface area (Å²) in [4.78, 5) is 5.13. The molecule has 0 aliphatic carbocycles. The lowest BCUT2D eigenvalue weighted by atomic mass is 10.2. The zero-order valence-electron chi connectivity index (χ0n) is 8.24. The summed E-state index contributed by atoms with van der Waals surface area (Å²) in [6, 6.07) is 6.05. The number of thiazole rings is 1. The van der Waals surface area contributed by atoms with Crippen LogP contribution < -0.4 is 4.74 Å². The molecule has 1 heterocycles. The Labute approximate surface area is 101 Å². The number of rotatable bonds is 3. The molecule has 0 unspecified atom stereocenters. The number of nitrogens with zero attached hydrogens (tertiary/aromatic N) is 1. The molecular formula is C11H10BrNOS. The van der Waals surface area contributed by atoms with Gasteiger partial charge in [-0.15, -0.1) is 11.3 Å². The maximum atomic E-state index is 5.66. The summed E-state index contributed by atoms with van der Waals surface area (Å²) < 4.78 is 6.65. The van der Waals surface area contributed by atoms with E-state index in [-0.39, 0.29) is 0 Å². The molecule has 0 saturated carbocycles. The molecule has 2 nitrogen and oxygen atoms in total. The monoisotopic (exact) mass is 283 g/mol. The van der Waals surface area contributed by atoms with E-state index < -0.39 is 0 Å². The van der Waals surface area contributed by atoms with Crippen molar-refractivity contribution in [2.24, 2.45) is 0 Å². The third-order valence-electron chi connectivity index (χ3n) is 1.94. The van der Waals surface area contributed by atoms with E-state index in [1.54, 1.807) is 11.3 Å². The highest BCUT2D eigenvalue weighted by Crippen LogP contribution is 2.26. The summed E-state index contributed by atoms with van der Waals surface area (Å²) >= 11 is 5.07. The van der Waals surface area contributed by atoms with Crippen molar-refractivity contribution in [2.75, 3.05) is 0 Å². The van der Waals surface area contributed by atoms with Gasteiger partial charge < -0.3 is 4.74 Å². The first-order chi connectivity index (χ1) is 7.25. The van der Waals surface area contributed by atoms with E-state index >= 15 is 0 Å². The predicted molar refractivity (Wildman–Crippen MR) is 65.3 cm³/mol. The van der Waals surface area contributed by atoms with Crippen LogP contribution >= 0.6 is 27.3 Å². The normalized spacial score (nSPS) is 10.3. The Morgan fingerprint density at radius 1 is 1.47 bits per heavy atom. The number of aryl methyl sites for hydroxylation is 1. The number of hydrogen-bond donors (Lipinski definition) is 0. The Morgan fingerprint density at radius 3 is 3.00 bits per heavy atom. The molecule has 78 valence electrons. The molecule has 1 aromatic carbocycles. The number of hydrogen-bond acceptors (Lipinski definition) is 3. The summed E-state index contributed by atoms with van der Waals surface area (Å²) in [5.74, 6) is 0.869. The predicted octanol–water partition coefficient (Wildman–Crippen LogP) is 3.79. The number of aromatic nitrogens is 1. The summed E-state index contributed by atoms with van der Waals surface area (Å²) in [5.41, 5.74) is 3.02. The van der Waals surface area contributed by atoms with Gasteiger partial charge in [-0.2, -0.15) is 0 Å². The minimum Gasteiger partial charge on any atom is -0.487 e. The molecule has 0 bridgehead atoms. The van der Waals surface area contributed by atoms with Gasteiger partial charge in [-0.25, -0.2) is 0 Å². The first-order valence-electron chi connectivity index (χ1n) is 4.52. The Kier molecular flexibility index (Phi) is 3.38. The van der Waals surface area contributed by atoms with Gasteiger partial charge in [-0.3, -0.25) is 4.98 Å². The molecule has 0 N–H and O–H groups in total. The molecule has 4 heteroatoms. The second-order valence-corrected chi connectivity index (χ2v) is 5.02. The molecule has 15 heavy (non-hydrogen) atoms. The fourth-order valence-electron chi connectivity index (χ4n) is 1.19. The van der Waals surface area contributed by atoms with Gasteiger partial charge in [-0.05, 0) is 40.5 Å². The second-order valence-electron chi connectivity index (χ2n) is 3.19. The highest BCUT2D eigenvalue weighted by molar-refractivity contribution is 9.10. The quantitative estimate of drug-likeness (QED) is 0.855. The fraction of sp³-hybridized carbons (Fsp3) is 0.182. The van der Waals surface area contributed by atoms with Crippen molar-refractivity contribution in [1.82, 2.24) is 4.98 Å². The lowest BCUT2D eigenvalue weighted by Crippen LogP contribution is -1.93. The largest absolute Gasteiger partial charge is 0.487 e. The van der Waals surface area contributed by atoms with E-state index in [1.165, 1.54) is 5.56 Å². The minimum atomic E-state index is 0.576. The van der Waals surface area contributed by atoms with Crippen LogP contribution in [0.4, 0.5) is 0 Å². The number of halogens is 1. The van der Waals surface area contributed by atoms with Gasteiger partial charge >= 0.3 is 0 Å². The van der Waals surface area contributed by atoms with E-state index in [9.17, 15) is 0 Å². The van der Waals surface area contributed by atoms with Crippen LogP contribution in [0.1, 0.15) is 10.4 Å². The molecule has 0 saturated heterocycles. The molecule has 0 aliphatic rings. The first-order valence-corrected chi connectivity index (χ1v) is 6.19. The van der Waals surface area contributed by atoms with Gasteiger partial charge in [0, 0.05) is 6.20 Å². The van der Waals surface area contributed by atoms with Crippen LogP contribution in [0, 0.1) is 6.92 Å². The first kappa shape index (κ1) is 10.6. The molecule has 1 aromatic heterocycles. The van der Waals surface area contributed by atoms with Gasteiger partial charge in [0.25, 0.3) is 0 Å². The van der Waals surface area contributed by atoms with Crippen molar-refractivity contribution in [1.29, 1.82) is 0 Å². The van der Waals surface area contributed by atoms with Crippen molar-refractivity contribution in [3.05, 3.63) is 44.8 Å². The molecular weight excluding hydrogens is 274 g/mol. The fourth-order valence-corrected chi connectivity index (χ4v) is 2.30. The van der Waals surface area contributed by atoms with Crippen LogP contribution in [0.2, 0.25) is 0 Å². The number of ether oxygens (including phenoxy) is 1. The lowest BCUT2D eigenvalue weighted by Gasteiger charge is -2.07. The van der Waals surface area contributed by atoms with Crippen LogP contribution in [-0.2, 0) is 6.61 Å². The molecule has 2 aromatic rings. The van der Waals surface area contributed by atoms with Crippen LogP contribution in [-0.4, -0.2) is 4.98 Å². The maximum absolute atomic E-state index is 5.66. The standard InChI is InChI=1S/C11H10BrNOS/c1-8-2-3-11(10(12)4-8)14-6-9-5-13-7-15-9/h2-5,7H,6H2,1H3. The van der Waals surface area contributed by atoms with Crippen molar-refractivity contribution >= 4 is 27.3 Å². The Hall–Kier alpha value is -0.870. The van der Waals surface area contributed by atoms with Crippen molar-refractivity contribution in [3.8, 4) is 5.75 Å². The van der Waals surface area contributed by atoms with E-state index in [0.29, 0.717) is 6.61 Å². The van der Waals surface area contributed by atoms with E-state index in [1.807, 2.05) is 29.9 Å². The average molecular weight is 284 g/mol. The van der Waals surface area contributed by atoms with Crippen LogP contribution in [0.25, 0.3) is 0 Å². The van der Waals surface area contributed by atoms with Crippen molar-refractivity contribution in [3.63, 3.8) is 0 Å². The van der Waals surface area contributed by atoms with Crippen LogP contribution in [0.15, 0.2) is 34.4 Å². The summed E-state index contributed by atoms with van der Waals surface area (Å²) in [7, 11) is 0. The SMILES string of the molecule is Cc1ccc(OCc2cncs2)c(Br)c1. The Bertz CT molecular complexity index is 442. The average Bonchev–Trinajstić information content (AvgIpc) is 2.69. The topological polar surface area (TPSA) is 22.1 Å². The number of benzene rings is 1. The van der Waals surface area contributed by atoms with Gasteiger partial charge in [-0.1, -0.05) is 6.07 Å². The van der Waals surface area contributed by atoms with E-state index in [4.69, 9.17) is 4.74 Å². The highest BCUT2D eigenvalue weighted by Gasteiger charge is 2.02. The third-order valence-corrected chi connectivity index (χ3v) is 3.31.